The van der Waals surface area contributed by atoms with Crippen LogP contribution in [0.15, 0.2) is 29.2 Å². The van der Waals surface area contributed by atoms with Crippen molar-refractivity contribution in [2.24, 2.45) is 0 Å². The third-order valence-corrected chi connectivity index (χ3v) is 5.93. The fourth-order valence-electron chi connectivity index (χ4n) is 3.01. The van der Waals surface area contributed by atoms with Crippen molar-refractivity contribution in [3.05, 3.63) is 24.3 Å². The predicted molar refractivity (Wildman–Crippen MR) is 103 cm³/mol. The van der Waals surface area contributed by atoms with Gasteiger partial charge in [-0.05, 0) is 44.0 Å². The average Bonchev–Trinajstić information content (AvgIpc) is 2.66. The number of amides is 1. The van der Waals surface area contributed by atoms with Gasteiger partial charge >= 0.3 is 0 Å². The molecule has 0 bridgehead atoms. The van der Waals surface area contributed by atoms with Gasteiger partial charge in [-0.1, -0.05) is 19.3 Å². The van der Waals surface area contributed by atoms with E-state index in [4.69, 9.17) is 9.47 Å². The van der Waals surface area contributed by atoms with Gasteiger partial charge in [-0.2, -0.15) is 0 Å². The van der Waals surface area contributed by atoms with E-state index in [0.29, 0.717) is 25.6 Å². The molecule has 7 nitrogen and oxygen atoms in total. The Morgan fingerprint density at radius 2 is 1.81 bits per heavy atom. The molecular formula is C19H30N2O5S. The summed E-state index contributed by atoms with van der Waals surface area (Å²) < 4.78 is 37.7. The Balaban J connectivity index is 1.74. The highest BCUT2D eigenvalue weighted by Crippen LogP contribution is 2.18. The zero-order chi connectivity index (χ0) is 19.5. The first-order chi connectivity index (χ1) is 13.0. The van der Waals surface area contributed by atoms with E-state index in [2.05, 4.69) is 10.0 Å². The topological polar surface area (TPSA) is 93.7 Å². The number of carbonyl (C=O) groups excluding carboxylic acids is 1. The normalized spacial score (nSPS) is 15.4. The van der Waals surface area contributed by atoms with Crippen molar-refractivity contribution >= 4 is 15.9 Å². The number of hydrogen-bond acceptors (Lipinski definition) is 5. The van der Waals surface area contributed by atoms with Crippen LogP contribution in [0.25, 0.3) is 0 Å². The lowest BCUT2D eigenvalue weighted by atomic mass is 9.95. The predicted octanol–water partition coefficient (Wildman–Crippen LogP) is 2.22. The molecule has 1 aromatic carbocycles. The van der Waals surface area contributed by atoms with Gasteiger partial charge in [0.25, 0.3) is 0 Å². The second-order valence-corrected chi connectivity index (χ2v) is 8.33. The van der Waals surface area contributed by atoms with Crippen molar-refractivity contribution in [1.82, 2.24) is 10.0 Å². The van der Waals surface area contributed by atoms with Gasteiger partial charge in [0.2, 0.25) is 15.9 Å². The highest BCUT2D eigenvalue weighted by Gasteiger charge is 2.17. The summed E-state index contributed by atoms with van der Waals surface area (Å²) in [7, 11) is -3.65. The Bertz CT molecular complexity index is 670. The molecule has 2 N–H and O–H groups in total. The van der Waals surface area contributed by atoms with Gasteiger partial charge in [0.1, 0.15) is 12.4 Å². The second-order valence-electron chi connectivity index (χ2n) is 6.57. The van der Waals surface area contributed by atoms with E-state index < -0.39 is 10.0 Å². The van der Waals surface area contributed by atoms with Crippen molar-refractivity contribution in [2.45, 2.75) is 56.4 Å². The summed E-state index contributed by atoms with van der Waals surface area (Å²) in [5, 5.41) is 2.98. The summed E-state index contributed by atoms with van der Waals surface area (Å²) >= 11 is 0. The molecule has 152 valence electrons. The molecule has 0 aromatic heterocycles. The first kappa shape index (κ1) is 21.7. The lowest BCUT2D eigenvalue weighted by Gasteiger charge is -2.22. The third-order valence-electron chi connectivity index (χ3n) is 4.45. The largest absolute Gasteiger partial charge is 0.491 e. The van der Waals surface area contributed by atoms with Crippen molar-refractivity contribution in [3.8, 4) is 5.75 Å². The number of sulfonamides is 1. The van der Waals surface area contributed by atoms with Gasteiger partial charge in [-0.15, -0.1) is 0 Å². The Kier molecular flexibility index (Phi) is 9.03. The van der Waals surface area contributed by atoms with Gasteiger partial charge in [0, 0.05) is 25.6 Å². The van der Waals surface area contributed by atoms with Gasteiger partial charge in [0.15, 0.2) is 0 Å². The van der Waals surface area contributed by atoms with Gasteiger partial charge in [-0.3, -0.25) is 4.79 Å². The van der Waals surface area contributed by atoms with E-state index in [-0.39, 0.29) is 29.8 Å². The molecule has 1 aliphatic rings. The molecule has 2 rings (SSSR count). The standard InChI is InChI=1S/C19H30N2O5S/c1-2-25-14-15-26-17-8-10-18(11-9-17)27(23,24)20-13-12-19(22)21-16-6-4-3-5-7-16/h8-11,16,20H,2-7,12-15H2,1H3,(H,21,22). The Morgan fingerprint density at radius 3 is 2.48 bits per heavy atom. The minimum absolute atomic E-state index is 0.0769. The molecule has 0 unspecified atom stereocenters. The first-order valence-corrected chi connectivity index (χ1v) is 11.1. The summed E-state index contributed by atoms with van der Waals surface area (Å²) in [6.45, 7) is 3.51. The average molecular weight is 399 g/mol. The fraction of sp³-hybridized carbons (Fsp3) is 0.632. The molecule has 0 aliphatic heterocycles. The van der Waals surface area contributed by atoms with Crippen LogP contribution < -0.4 is 14.8 Å². The maximum Gasteiger partial charge on any atom is 0.240 e. The van der Waals surface area contributed by atoms with E-state index in [0.717, 1.165) is 25.7 Å². The van der Waals surface area contributed by atoms with Crippen LogP contribution in [0.3, 0.4) is 0 Å². The molecule has 1 amide bonds. The molecular weight excluding hydrogens is 368 g/mol. The van der Waals surface area contributed by atoms with Crippen LogP contribution >= 0.6 is 0 Å². The first-order valence-electron chi connectivity index (χ1n) is 9.61. The number of benzene rings is 1. The van der Waals surface area contributed by atoms with Crippen molar-refractivity contribution < 1.29 is 22.7 Å². The van der Waals surface area contributed by atoms with Crippen molar-refractivity contribution in [1.29, 1.82) is 0 Å². The van der Waals surface area contributed by atoms with Crippen LogP contribution in [-0.4, -0.2) is 46.7 Å². The fourth-order valence-corrected chi connectivity index (χ4v) is 4.04. The van der Waals surface area contributed by atoms with E-state index in [9.17, 15) is 13.2 Å². The van der Waals surface area contributed by atoms with Crippen LogP contribution in [0.4, 0.5) is 0 Å². The van der Waals surface area contributed by atoms with E-state index >= 15 is 0 Å². The maximum atomic E-state index is 12.3. The zero-order valence-electron chi connectivity index (χ0n) is 15.9. The molecule has 0 atom stereocenters. The number of carbonyl (C=O) groups is 1. The molecule has 0 radical (unpaired) electrons. The maximum absolute atomic E-state index is 12.3. The highest BCUT2D eigenvalue weighted by atomic mass is 32.2. The number of ether oxygens (including phenoxy) is 2. The molecule has 0 heterocycles. The lowest BCUT2D eigenvalue weighted by molar-refractivity contribution is -0.121. The molecule has 1 fully saturated rings. The summed E-state index contributed by atoms with van der Waals surface area (Å²) in [6, 6.07) is 6.42. The lowest BCUT2D eigenvalue weighted by Crippen LogP contribution is -2.38. The van der Waals surface area contributed by atoms with E-state index in [1.165, 1.54) is 18.6 Å². The second kappa shape index (κ2) is 11.3. The summed E-state index contributed by atoms with van der Waals surface area (Å²) in [5.41, 5.74) is 0. The molecule has 1 aromatic rings. The minimum atomic E-state index is -3.65. The van der Waals surface area contributed by atoms with Gasteiger partial charge in [0.05, 0.1) is 11.5 Å². The minimum Gasteiger partial charge on any atom is -0.491 e. The monoisotopic (exact) mass is 398 g/mol. The van der Waals surface area contributed by atoms with Crippen LogP contribution in [0.2, 0.25) is 0 Å². The van der Waals surface area contributed by atoms with Gasteiger partial charge in [-0.25, -0.2) is 13.1 Å². The number of hydrogen-bond donors (Lipinski definition) is 2. The summed E-state index contributed by atoms with van der Waals surface area (Å²) in [4.78, 5) is 12.1. The molecule has 0 saturated heterocycles. The molecule has 0 spiro atoms. The highest BCUT2D eigenvalue weighted by molar-refractivity contribution is 7.89. The number of rotatable bonds is 11. The van der Waals surface area contributed by atoms with Crippen LogP contribution in [-0.2, 0) is 19.6 Å². The summed E-state index contributed by atoms with van der Waals surface area (Å²) in [5.74, 6) is 0.475. The Morgan fingerprint density at radius 1 is 1.11 bits per heavy atom. The molecule has 1 aliphatic carbocycles. The summed E-state index contributed by atoms with van der Waals surface area (Å²) in [6.07, 6.45) is 5.66. The van der Waals surface area contributed by atoms with Crippen LogP contribution in [0.1, 0.15) is 45.4 Å². The smallest absolute Gasteiger partial charge is 0.240 e. The van der Waals surface area contributed by atoms with E-state index in [1.54, 1.807) is 12.1 Å². The van der Waals surface area contributed by atoms with Crippen molar-refractivity contribution in [2.75, 3.05) is 26.4 Å². The van der Waals surface area contributed by atoms with Crippen LogP contribution in [0.5, 0.6) is 5.75 Å². The molecule has 1 saturated carbocycles. The van der Waals surface area contributed by atoms with Crippen LogP contribution in [0, 0.1) is 0 Å². The Hall–Kier alpha value is -1.64. The molecule has 8 heteroatoms. The van der Waals surface area contributed by atoms with Gasteiger partial charge < -0.3 is 14.8 Å². The van der Waals surface area contributed by atoms with E-state index in [1.807, 2.05) is 6.92 Å². The number of nitrogens with one attached hydrogen (secondary N) is 2. The SMILES string of the molecule is CCOCCOc1ccc(S(=O)(=O)NCCC(=O)NC2CCCCC2)cc1. The third kappa shape index (κ3) is 7.86. The Labute approximate surface area is 161 Å². The van der Waals surface area contributed by atoms with Crippen molar-refractivity contribution in [3.63, 3.8) is 0 Å². The quantitative estimate of drug-likeness (QED) is 0.558. The molecule has 27 heavy (non-hydrogen) atoms. The zero-order valence-corrected chi connectivity index (χ0v) is 16.7.